The van der Waals surface area contributed by atoms with Crippen LogP contribution in [0, 0.1) is 0 Å². The van der Waals surface area contributed by atoms with E-state index in [2.05, 4.69) is 54.6 Å². The molecule has 0 fully saturated rings. The molecule has 4 heteroatoms. The van der Waals surface area contributed by atoms with E-state index in [9.17, 15) is 0 Å². The van der Waals surface area contributed by atoms with Crippen LogP contribution in [-0.4, -0.2) is 7.11 Å². The van der Waals surface area contributed by atoms with Crippen molar-refractivity contribution in [2.45, 2.75) is 12.8 Å². The zero-order valence-electron chi connectivity index (χ0n) is 12.8. The average Bonchev–Trinajstić information content (AvgIpc) is 3.15. The Morgan fingerprint density at radius 2 is 1.83 bits per heavy atom. The van der Waals surface area contributed by atoms with Gasteiger partial charge in [-0.2, -0.15) is 0 Å². The zero-order valence-corrected chi connectivity index (χ0v) is 16.7. The molecule has 2 aromatic carbocycles. The van der Waals surface area contributed by atoms with Gasteiger partial charge in [-0.1, -0.05) is 0 Å². The van der Waals surface area contributed by atoms with Crippen LogP contribution in [0.25, 0.3) is 11.1 Å². The Morgan fingerprint density at radius 3 is 2.57 bits per heavy atom. The molecule has 116 valence electrons. The van der Waals surface area contributed by atoms with Crippen LogP contribution in [0.2, 0.25) is 0 Å². The van der Waals surface area contributed by atoms with Crippen LogP contribution in [0.15, 0.2) is 57.9 Å². The zero-order chi connectivity index (χ0) is 14.2. The fraction of sp³-hybridized carbons (Fsp3) is 0.158. The summed E-state index contributed by atoms with van der Waals surface area (Å²) in [6, 6.07) is 13.2. The summed E-state index contributed by atoms with van der Waals surface area (Å²) >= 11 is -0.758. The average molecular weight is 422 g/mol. The molecule has 2 aromatic rings. The Hall–Kier alpha value is -0.817. The molecule has 4 rings (SSSR count). The number of allylic oxidation sites excluding steroid dienone is 4. The van der Waals surface area contributed by atoms with Crippen LogP contribution < -0.4 is 32.8 Å². The second-order valence-electron chi connectivity index (χ2n) is 5.45. The smallest absolute Gasteiger partial charge is 1.00 e. The van der Waals surface area contributed by atoms with E-state index in [0.717, 1.165) is 18.6 Å². The van der Waals surface area contributed by atoms with E-state index in [1.807, 2.05) is 0 Å². The summed E-state index contributed by atoms with van der Waals surface area (Å²) in [5.41, 5.74) is 5.82. The molecule has 23 heavy (non-hydrogen) atoms. The first-order valence-electron chi connectivity index (χ1n) is 7.27. The van der Waals surface area contributed by atoms with Gasteiger partial charge in [-0.15, -0.1) is 0 Å². The molecule has 0 radical (unpaired) electrons. The monoisotopic (exact) mass is 420 g/mol. The normalized spacial score (nSPS) is 13.2. The molecule has 1 nitrogen and oxygen atoms in total. The number of fused-ring (bicyclic) bond motifs is 3. The molecule has 0 amide bonds. The first kappa shape index (κ1) is 18.5. The van der Waals surface area contributed by atoms with Gasteiger partial charge in [-0.05, 0) is 0 Å². The molecule has 0 heterocycles. The number of ether oxygens (including phenoxy) is 1. The molecule has 0 spiro atoms. The predicted molar refractivity (Wildman–Crippen MR) is 82.7 cm³/mol. The number of methoxy groups -OCH3 is 1. The summed E-state index contributed by atoms with van der Waals surface area (Å²) in [5, 5.41) is 0. The molecular weight excluding hydrogens is 406 g/mol. The van der Waals surface area contributed by atoms with Gasteiger partial charge in [0.2, 0.25) is 0 Å². The molecule has 0 unspecified atom stereocenters. The van der Waals surface area contributed by atoms with Gasteiger partial charge in [0.15, 0.2) is 0 Å². The molecular formula is C19H16Cl2OZr. The van der Waals surface area contributed by atoms with Crippen molar-refractivity contribution in [1.82, 2.24) is 0 Å². The second kappa shape index (κ2) is 7.84. The van der Waals surface area contributed by atoms with Crippen LogP contribution in [-0.2, 0) is 29.7 Å². The van der Waals surface area contributed by atoms with Crippen molar-refractivity contribution in [2.75, 3.05) is 7.11 Å². The summed E-state index contributed by atoms with van der Waals surface area (Å²) in [6.07, 6.45) is 8.99. The van der Waals surface area contributed by atoms with E-state index in [-0.39, 0.29) is 24.8 Å². The van der Waals surface area contributed by atoms with Crippen molar-refractivity contribution in [3.63, 3.8) is 0 Å². The van der Waals surface area contributed by atoms with Gasteiger partial charge >= 0.3 is 137 Å². The van der Waals surface area contributed by atoms with Crippen molar-refractivity contribution in [1.29, 1.82) is 0 Å². The van der Waals surface area contributed by atoms with Gasteiger partial charge in [0.1, 0.15) is 0 Å². The Kier molecular flexibility index (Phi) is 6.31. The summed E-state index contributed by atoms with van der Waals surface area (Å²) < 4.78 is 8.85. The second-order valence-corrected chi connectivity index (χ2v) is 8.87. The third-order valence-electron chi connectivity index (χ3n) is 4.23. The Labute approximate surface area is 161 Å². The van der Waals surface area contributed by atoms with Crippen molar-refractivity contribution >= 4 is 3.27 Å². The van der Waals surface area contributed by atoms with Crippen molar-refractivity contribution in [3.8, 4) is 16.9 Å². The SMILES string of the molecule is COc1ccc2c([c]1[Zr+2][C]1=CC=CC1)Cc1ccccc1-2.[Cl-].[Cl-]. The minimum absolute atomic E-state index is 0. The van der Waals surface area contributed by atoms with Gasteiger partial charge < -0.3 is 24.8 Å². The van der Waals surface area contributed by atoms with Crippen LogP contribution in [0.1, 0.15) is 17.5 Å². The fourth-order valence-corrected chi connectivity index (χ4v) is 6.65. The number of rotatable bonds is 3. The molecule has 0 aromatic heterocycles. The molecule has 2 aliphatic carbocycles. The largest absolute Gasteiger partial charge is 1.00 e. The third-order valence-corrected chi connectivity index (χ3v) is 7.89. The number of halogens is 2. The van der Waals surface area contributed by atoms with Gasteiger partial charge in [-0.25, -0.2) is 0 Å². The maximum Gasteiger partial charge on any atom is -1.00 e. The van der Waals surface area contributed by atoms with Gasteiger partial charge in [0.05, 0.1) is 0 Å². The minimum Gasteiger partial charge on any atom is -1.00 e. The summed E-state index contributed by atoms with van der Waals surface area (Å²) in [7, 11) is 1.80. The minimum atomic E-state index is -0.758. The van der Waals surface area contributed by atoms with E-state index in [4.69, 9.17) is 4.74 Å². The number of hydrogen-bond acceptors (Lipinski definition) is 1. The van der Waals surface area contributed by atoms with Crippen LogP contribution in [0.4, 0.5) is 0 Å². The van der Waals surface area contributed by atoms with Gasteiger partial charge in [0, 0.05) is 0 Å². The van der Waals surface area contributed by atoms with Crippen molar-refractivity contribution < 1.29 is 52.8 Å². The molecule has 0 aliphatic heterocycles. The topological polar surface area (TPSA) is 9.23 Å². The Balaban J connectivity index is 0.000000960. The molecule has 0 saturated carbocycles. The number of hydrogen-bond donors (Lipinski definition) is 0. The van der Waals surface area contributed by atoms with Gasteiger partial charge in [-0.3, -0.25) is 0 Å². The van der Waals surface area contributed by atoms with Crippen LogP contribution in [0.3, 0.4) is 0 Å². The summed E-state index contributed by atoms with van der Waals surface area (Å²) in [6.45, 7) is 0. The van der Waals surface area contributed by atoms with E-state index in [1.165, 1.54) is 25.5 Å². The third kappa shape index (κ3) is 3.36. The van der Waals surface area contributed by atoms with E-state index in [0.29, 0.717) is 0 Å². The van der Waals surface area contributed by atoms with Crippen molar-refractivity contribution in [3.05, 3.63) is 69.0 Å². The fourth-order valence-electron chi connectivity index (χ4n) is 3.20. The molecule has 0 atom stereocenters. The Bertz CT molecular complexity index is 781. The maximum atomic E-state index is 5.67. The molecule has 2 aliphatic rings. The van der Waals surface area contributed by atoms with Gasteiger partial charge in [0.25, 0.3) is 0 Å². The van der Waals surface area contributed by atoms with E-state index >= 15 is 0 Å². The summed E-state index contributed by atoms with van der Waals surface area (Å²) in [4.78, 5) is 0. The molecule has 0 saturated heterocycles. The summed E-state index contributed by atoms with van der Waals surface area (Å²) in [5.74, 6) is 1.10. The van der Waals surface area contributed by atoms with Crippen LogP contribution in [0.5, 0.6) is 5.75 Å². The predicted octanol–water partition coefficient (Wildman–Crippen LogP) is -2.17. The van der Waals surface area contributed by atoms with Crippen molar-refractivity contribution in [2.24, 2.45) is 0 Å². The molecule has 0 N–H and O–H groups in total. The quantitative estimate of drug-likeness (QED) is 0.467. The van der Waals surface area contributed by atoms with E-state index in [1.54, 1.807) is 10.4 Å². The maximum absolute atomic E-state index is 5.67. The molecule has 0 bridgehead atoms. The van der Waals surface area contributed by atoms with E-state index < -0.39 is 23.2 Å². The van der Waals surface area contributed by atoms with Crippen LogP contribution >= 0.6 is 0 Å². The number of benzene rings is 2. The first-order valence-corrected chi connectivity index (χ1v) is 9.73. The first-order chi connectivity index (χ1) is 10.4. The Morgan fingerprint density at radius 1 is 1.00 bits per heavy atom. The standard InChI is InChI=1S/C14H11O.C5H5.2ClH.Zr/c1-15-12-6-7-14-11(9-12)8-10-4-2-3-5-13(10)14;1-2-4-5-3-1;;;/h2-7H,8H2,1H3;1-3H,4H2;2*1H;/q;;;;+2/p-2.